The van der Waals surface area contributed by atoms with Crippen molar-refractivity contribution in [1.82, 2.24) is 24.8 Å². The van der Waals surface area contributed by atoms with Crippen molar-refractivity contribution < 1.29 is 42.4 Å². The number of nitrogen functional groups attached to an aromatic ring is 1. The van der Waals surface area contributed by atoms with Crippen LogP contribution in [0.15, 0.2) is 12.7 Å². The lowest BCUT2D eigenvalue weighted by molar-refractivity contribution is -0.175. The third kappa shape index (κ3) is 5.45. The van der Waals surface area contributed by atoms with Crippen molar-refractivity contribution in [2.24, 2.45) is 0 Å². The monoisotopic (exact) mass is 499 g/mol. The van der Waals surface area contributed by atoms with E-state index >= 15 is 0 Å². The molecule has 5 atom stereocenters. The molecule has 16 heteroatoms. The fourth-order valence-electron chi connectivity index (χ4n) is 3.18. The number of carbonyl (C=O) groups is 2. The van der Waals surface area contributed by atoms with Gasteiger partial charge in [-0.15, -0.1) is 0 Å². The van der Waals surface area contributed by atoms with Crippen LogP contribution in [0.1, 0.15) is 12.6 Å². The van der Waals surface area contributed by atoms with Gasteiger partial charge in [0.15, 0.2) is 17.7 Å². The summed E-state index contributed by atoms with van der Waals surface area (Å²) in [6, 6.07) is -1.49. The van der Waals surface area contributed by atoms with Crippen LogP contribution in [0.25, 0.3) is 11.2 Å². The number of halogens is 3. The highest BCUT2D eigenvalue weighted by Crippen LogP contribution is 2.33. The van der Waals surface area contributed by atoms with Crippen molar-refractivity contribution in [2.75, 3.05) is 24.3 Å². The number of fused-ring (bicyclic) bond motifs is 1. The van der Waals surface area contributed by atoms with Crippen LogP contribution < -0.4 is 11.1 Å². The predicted molar refractivity (Wildman–Crippen MR) is 108 cm³/mol. The number of alkyl halides is 3. The average molecular weight is 499 g/mol. The predicted octanol–water partition coefficient (Wildman–Crippen LogP) is -0.629. The molecule has 0 radical (unpaired) electrons. The summed E-state index contributed by atoms with van der Waals surface area (Å²) >= 11 is 1.15. The number of esters is 1. The fraction of sp³-hybridized carbons (Fsp3) is 0.588. The number of nitrogens with one attached hydrogen (secondary N) is 1. The zero-order chi connectivity index (χ0) is 24.3. The first-order valence-corrected chi connectivity index (χ1v) is 10.7. The van der Waals surface area contributed by atoms with Crippen LogP contribution in [0.5, 0.6) is 0 Å². The number of rotatable bonds is 8. The Kier molecular flexibility index (Phi) is 7.61. The standard InChI is InChI=1S/C17H21F3N6O6S/c1-31-15(29)7(25-16(30)17(18,19)20)2-3-33-4-8-10(27)11(28)14(32-8)26-6-24-9-12(21)22-5-23-13(9)26/h5-8,10-11,14,27-28H,2-4H2,1H3,(H,25,30)(H2,21,22,23)/t7-,8+,10+,11+,14+/m0/s1/i4+1,8+1,10+1,11+1,14+1. The average Bonchev–Trinajstić information content (AvgIpc) is 3.31. The molecule has 3 rings (SSSR count). The summed E-state index contributed by atoms with van der Waals surface area (Å²) in [6.45, 7) is 0. The van der Waals surface area contributed by atoms with Gasteiger partial charge in [0.1, 0.15) is 30.1 Å². The van der Waals surface area contributed by atoms with E-state index in [4.69, 9.17) is 10.5 Å². The van der Waals surface area contributed by atoms with Gasteiger partial charge in [-0.2, -0.15) is 24.9 Å². The third-order valence-corrected chi connectivity index (χ3v) is 5.97. The van der Waals surface area contributed by atoms with Crippen molar-refractivity contribution in [2.45, 2.75) is 43.2 Å². The van der Waals surface area contributed by atoms with Gasteiger partial charge in [-0.1, -0.05) is 0 Å². The zero-order valence-corrected chi connectivity index (χ0v) is 17.9. The molecule has 0 saturated carbocycles. The minimum absolute atomic E-state index is 0.128. The molecule has 2 aromatic rings. The molecule has 12 nitrogen and oxygen atoms in total. The second-order valence-electron chi connectivity index (χ2n) is 7.04. The van der Waals surface area contributed by atoms with Gasteiger partial charge in [-0.25, -0.2) is 19.7 Å². The van der Waals surface area contributed by atoms with E-state index in [0.29, 0.717) is 11.2 Å². The van der Waals surface area contributed by atoms with E-state index in [0.717, 1.165) is 18.9 Å². The number of hydrogen-bond acceptors (Lipinski definition) is 11. The van der Waals surface area contributed by atoms with Crippen LogP contribution in [0.4, 0.5) is 19.0 Å². The first-order valence-electron chi connectivity index (χ1n) is 9.52. The number of aromatic nitrogens is 4. The van der Waals surface area contributed by atoms with E-state index in [1.54, 1.807) is 5.32 Å². The number of carbonyl (C=O) groups excluding carboxylic acids is 2. The first kappa shape index (κ1) is 24.9. The maximum absolute atomic E-state index is 12.5. The summed E-state index contributed by atoms with van der Waals surface area (Å²) in [6.07, 6.45) is -7.19. The van der Waals surface area contributed by atoms with Crippen molar-refractivity contribution in [3.05, 3.63) is 12.7 Å². The van der Waals surface area contributed by atoms with Crippen LogP contribution in [-0.2, 0) is 19.1 Å². The summed E-state index contributed by atoms with van der Waals surface area (Å²) in [5, 5.41) is 22.4. The fourth-order valence-corrected chi connectivity index (χ4v) is 4.26. The zero-order valence-electron chi connectivity index (χ0n) is 17.1. The Morgan fingerprint density at radius 1 is 1.33 bits per heavy atom. The number of hydrogen-bond donors (Lipinski definition) is 4. The molecule has 0 aliphatic carbocycles. The Balaban J connectivity index is 1.57. The van der Waals surface area contributed by atoms with Crippen molar-refractivity contribution in [1.29, 1.82) is 0 Å². The molecule has 1 aliphatic heterocycles. The Bertz CT molecular complexity index is 1010. The van der Waals surface area contributed by atoms with E-state index in [2.05, 4.69) is 19.7 Å². The number of thioether (sulfide) groups is 1. The SMILES string of the molecule is COC(=O)[C@H](CCS[13CH2][13C@H]1O[13C@@H](n2cnc3c(N)ncnc32)[13C@H](O)[13C@@H]1O)NC(=O)C(F)(F)F. The minimum Gasteiger partial charge on any atom is -0.467 e. The van der Waals surface area contributed by atoms with Crippen molar-refractivity contribution >= 4 is 40.6 Å². The van der Waals surface area contributed by atoms with Gasteiger partial charge in [0.25, 0.3) is 0 Å². The summed E-state index contributed by atoms with van der Waals surface area (Å²) < 4.78 is 49.0. The summed E-state index contributed by atoms with van der Waals surface area (Å²) in [5.74, 6) is -2.87. The summed E-state index contributed by atoms with van der Waals surface area (Å²) in [7, 11) is 0.991. The number of nitrogens with zero attached hydrogens (tertiary/aromatic N) is 4. The molecule has 1 saturated heterocycles. The van der Waals surface area contributed by atoms with Crippen LogP contribution in [0.2, 0.25) is 0 Å². The van der Waals surface area contributed by atoms with Crippen LogP contribution in [0, 0.1) is 0 Å². The summed E-state index contributed by atoms with van der Waals surface area (Å²) in [5.41, 5.74) is 6.34. The Hall–Kier alpha value is -2.69. The van der Waals surface area contributed by atoms with Crippen molar-refractivity contribution in [3.8, 4) is 0 Å². The molecule has 5 N–H and O–H groups in total. The number of ether oxygens (including phenoxy) is 2. The molecule has 0 aromatic carbocycles. The van der Waals surface area contributed by atoms with E-state index in [9.17, 15) is 33.0 Å². The maximum atomic E-state index is 12.5. The number of methoxy groups -OCH3 is 1. The van der Waals surface area contributed by atoms with Crippen LogP contribution >= 0.6 is 11.8 Å². The molecular weight excluding hydrogens is 478 g/mol. The van der Waals surface area contributed by atoms with Gasteiger partial charge in [-0.3, -0.25) is 9.36 Å². The van der Waals surface area contributed by atoms with E-state index in [1.807, 2.05) is 0 Å². The third-order valence-electron chi connectivity index (χ3n) is 4.88. The molecule has 3 heterocycles. The number of amides is 1. The molecule has 0 spiro atoms. The highest BCUT2D eigenvalue weighted by atomic mass is 32.2. The Labute approximate surface area is 188 Å². The van der Waals surface area contributed by atoms with Gasteiger partial charge in [0.2, 0.25) is 0 Å². The van der Waals surface area contributed by atoms with E-state index in [1.165, 1.54) is 17.2 Å². The maximum Gasteiger partial charge on any atom is 0.471 e. The highest BCUT2D eigenvalue weighted by Gasteiger charge is 2.44. The molecule has 0 unspecified atom stereocenters. The number of nitrogens with two attached hydrogens (primary N) is 1. The van der Waals surface area contributed by atoms with Gasteiger partial charge >= 0.3 is 18.1 Å². The Morgan fingerprint density at radius 3 is 2.73 bits per heavy atom. The van der Waals surface area contributed by atoms with Crippen LogP contribution in [-0.4, -0.2) is 90.8 Å². The molecule has 1 fully saturated rings. The topological polar surface area (TPSA) is 175 Å². The minimum atomic E-state index is -5.14. The largest absolute Gasteiger partial charge is 0.471 e. The molecule has 0 bridgehead atoms. The lowest BCUT2D eigenvalue weighted by Crippen LogP contribution is -2.47. The normalized spacial score (nSPS) is 24.1. The quantitative estimate of drug-likeness (QED) is 0.207. The smallest absolute Gasteiger partial charge is 0.467 e. The second kappa shape index (κ2) is 10.1. The number of imidazole rings is 1. The highest BCUT2D eigenvalue weighted by molar-refractivity contribution is 7.99. The molecule has 182 valence electrons. The van der Waals surface area contributed by atoms with Crippen molar-refractivity contribution in [3.63, 3.8) is 0 Å². The molecule has 1 amide bonds. The molecule has 33 heavy (non-hydrogen) atoms. The number of aliphatic hydroxyl groups excluding tert-OH is 2. The molecule has 2 aromatic heterocycles. The second-order valence-corrected chi connectivity index (χ2v) is 8.19. The number of aliphatic hydroxyl groups is 2. The molecular formula is C17H21F3N6O6S. The van der Waals surface area contributed by atoms with E-state index < -0.39 is 48.6 Å². The van der Waals surface area contributed by atoms with Gasteiger partial charge in [-0.05, 0) is 12.2 Å². The Morgan fingerprint density at radius 2 is 2.06 bits per heavy atom. The first-order chi connectivity index (χ1) is 15.5. The van der Waals surface area contributed by atoms with E-state index in [-0.39, 0.29) is 23.7 Å². The number of anilines is 1. The molecule has 1 aliphatic rings. The van der Waals surface area contributed by atoms with Gasteiger partial charge in [0.05, 0.1) is 19.5 Å². The van der Waals surface area contributed by atoms with Gasteiger partial charge < -0.3 is 30.7 Å². The lowest BCUT2D eigenvalue weighted by atomic mass is 10.2. The lowest BCUT2D eigenvalue weighted by Gasteiger charge is -2.18. The van der Waals surface area contributed by atoms with Gasteiger partial charge in [0, 0.05) is 5.75 Å². The van der Waals surface area contributed by atoms with Crippen LogP contribution in [0.3, 0.4) is 0 Å². The summed E-state index contributed by atoms with van der Waals surface area (Å²) in [4.78, 5) is 34.8.